The molecule has 1 N–H and O–H groups in total. The smallest absolute Gasteiger partial charge is 0.381 e. The normalized spacial score (nSPS) is 19.8. The Balaban J connectivity index is 1.53. The van der Waals surface area contributed by atoms with Crippen molar-refractivity contribution in [3.63, 3.8) is 0 Å². The van der Waals surface area contributed by atoms with Gasteiger partial charge in [-0.2, -0.15) is 23.4 Å². The van der Waals surface area contributed by atoms with Crippen LogP contribution in [0.15, 0.2) is 24.5 Å². The molecule has 1 atom stereocenters. The lowest BCUT2D eigenvalue weighted by atomic mass is 9.96. The Labute approximate surface area is 236 Å². The first-order valence-electron chi connectivity index (χ1n) is 14.0. The topological polar surface area (TPSA) is 83.7 Å². The van der Waals surface area contributed by atoms with E-state index in [1.54, 1.807) is 31.3 Å². The highest BCUT2D eigenvalue weighted by Crippen LogP contribution is 2.48. The van der Waals surface area contributed by atoms with Crippen LogP contribution in [0.4, 0.5) is 35.2 Å². The number of halogens is 3. The van der Waals surface area contributed by atoms with Crippen LogP contribution in [0.5, 0.6) is 0 Å². The fourth-order valence-corrected chi connectivity index (χ4v) is 6.24. The van der Waals surface area contributed by atoms with E-state index < -0.39 is 11.7 Å². The number of ether oxygens (including phenoxy) is 1. The number of carbonyl (C=O) groups excluding carboxylic acids is 1. The molecule has 3 aliphatic rings. The number of hydrogen-bond donors (Lipinski definition) is 1. The van der Waals surface area contributed by atoms with Crippen molar-refractivity contribution < 1.29 is 22.7 Å². The van der Waals surface area contributed by atoms with E-state index in [1.165, 1.54) is 16.9 Å². The number of nitrogens with zero attached hydrogens (tertiary/aromatic N) is 7. The first-order chi connectivity index (χ1) is 19.6. The van der Waals surface area contributed by atoms with Gasteiger partial charge in [-0.15, -0.1) is 0 Å². The zero-order chi connectivity index (χ0) is 29.1. The number of hydrogen-bond acceptors (Lipinski definition) is 6. The fourth-order valence-electron chi connectivity index (χ4n) is 6.24. The second-order valence-corrected chi connectivity index (χ2v) is 11.1. The summed E-state index contributed by atoms with van der Waals surface area (Å²) in [7, 11) is 5.19. The summed E-state index contributed by atoms with van der Waals surface area (Å²) in [5.74, 6) is 0.614. The van der Waals surface area contributed by atoms with Gasteiger partial charge in [-0.1, -0.05) is 0 Å². The molecule has 3 aliphatic heterocycles. The van der Waals surface area contributed by atoms with E-state index >= 15 is 0 Å². The number of urea groups is 1. The fraction of sp³-hybridized carbons (Fsp3) is 0.536. The van der Waals surface area contributed by atoms with E-state index in [0.717, 1.165) is 24.1 Å². The van der Waals surface area contributed by atoms with E-state index in [9.17, 15) is 18.0 Å². The van der Waals surface area contributed by atoms with Crippen molar-refractivity contribution in [3.8, 4) is 11.1 Å². The molecule has 3 aromatic rings. The highest BCUT2D eigenvalue weighted by molar-refractivity contribution is 5.86. The molecule has 0 saturated carbocycles. The molecule has 41 heavy (non-hydrogen) atoms. The maximum absolute atomic E-state index is 14.6. The number of aryl methyl sites for hydroxylation is 1. The lowest BCUT2D eigenvalue weighted by Crippen LogP contribution is -2.45. The first-order valence-corrected chi connectivity index (χ1v) is 14.0. The van der Waals surface area contributed by atoms with Gasteiger partial charge in [-0.3, -0.25) is 9.36 Å². The summed E-state index contributed by atoms with van der Waals surface area (Å²) in [5.41, 5.74) is 2.84. The molecule has 0 radical (unpaired) electrons. The molecule has 0 bridgehead atoms. The van der Waals surface area contributed by atoms with Crippen LogP contribution in [0.1, 0.15) is 42.6 Å². The Morgan fingerprint density at radius 3 is 2.56 bits per heavy atom. The van der Waals surface area contributed by atoms with Gasteiger partial charge in [-0.05, 0) is 37.5 Å². The predicted octanol–water partition coefficient (Wildman–Crippen LogP) is 4.33. The molecule has 220 valence electrons. The van der Waals surface area contributed by atoms with Crippen LogP contribution >= 0.6 is 0 Å². The van der Waals surface area contributed by atoms with E-state index in [2.05, 4.69) is 22.0 Å². The zero-order valence-electron chi connectivity index (χ0n) is 23.7. The molecular weight excluding hydrogens is 537 g/mol. The molecule has 10 nitrogen and oxygen atoms in total. The van der Waals surface area contributed by atoms with Gasteiger partial charge < -0.3 is 24.8 Å². The van der Waals surface area contributed by atoms with Crippen molar-refractivity contribution in [3.05, 3.63) is 41.3 Å². The van der Waals surface area contributed by atoms with Gasteiger partial charge >= 0.3 is 12.2 Å². The van der Waals surface area contributed by atoms with Crippen molar-refractivity contribution >= 4 is 23.2 Å². The molecule has 5 heterocycles. The number of fused-ring (bicyclic) bond motifs is 2. The van der Waals surface area contributed by atoms with Crippen LogP contribution in [0.25, 0.3) is 11.1 Å². The Bertz CT molecular complexity index is 1460. The highest BCUT2D eigenvalue weighted by Gasteiger charge is 2.40. The van der Waals surface area contributed by atoms with Crippen molar-refractivity contribution in [2.75, 3.05) is 50.2 Å². The third-order valence-electron chi connectivity index (χ3n) is 8.57. The Kier molecular flexibility index (Phi) is 6.87. The van der Waals surface area contributed by atoms with E-state index in [1.807, 2.05) is 16.8 Å². The Morgan fingerprint density at radius 1 is 1.15 bits per heavy atom. The first kappa shape index (κ1) is 27.4. The standard InChI is InChI=1S/C28H35F3N8O2/c1-17-14-38(25-12-22(28(29,30)31)20(11-24(25)36(17)4)18-13-33-35(3)15-18)26-21-16-37(27(40)32-2)8-5-23(21)39(34-26)19-6-9-41-10-7-19/h11-13,15,17,19H,5-10,14,16H2,1-4H3,(H,32,40). The average Bonchev–Trinajstić information content (AvgIpc) is 3.57. The molecule has 1 fully saturated rings. The highest BCUT2D eigenvalue weighted by atomic mass is 19.4. The Hall–Kier alpha value is -3.74. The minimum atomic E-state index is -4.58. The molecular formula is C28H35F3N8O2. The molecule has 0 spiro atoms. The molecule has 13 heteroatoms. The van der Waals surface area contributed by atoms with Crippen molar-refractivity contribution in [1.29, 1.82) is 0 Å². The van der Waals surface area contributed by atoms with E-state index in [0.29, 0.717) is 62.0 Å². The number of benzene rings is 1. The second-order valence-electron chi connectivity index (χ2n) is 11.1. The second kappa shape index (κ2) is 10.3. The number of anilines is 3. The van der Waals surface area contributed by atoms with Gasteiger partial charge in [0.2, 0.25) is 0 Å². The molecule has 1 saturated heterocycles. The number of aromatic nitrogens is 4. The number of likely N-dealkylation sites (N-methyl/N-ethyl adjacent to an activating group) is 1. The van der Waals surface area contributed by atoms with E-state index in [4.69, 9.17) is 9.84 Å². The molecule has 2 amide bonds. The summed E-state index contributed by atoms with van der Waals surface area (Å²) in [6.07, 6.45) is 0.728. The lowest BCUT2D eigenvalue weighted by molar-refractivity contribution is -0.137. The molecule has 6 rings (SSSR count). The van der Waals surface area contributed by atoms with Crippen molar-refractivity contribution in [1.82, 2.24) is 29.8 Å². The van der Waals surface area contributed by atoms with Crippen LogP contribution in [0, 0.1) is 0 Å². The number of nitrogens with one attached hydrogen (secondary N) is 1. The number of rotatable bonds is 3. The number of carbonyl (C=O) groups is 1. The third kappa shape index (κ3) is 4.79. The van der Waals surface area contributed by atoms with Gasteiger partial charge in [0.25, 0.3) is 0 Å². The summed E-state index contributed by atoms with van der Waals surface area (Å²) < 4.78 is 52.9. The number of alkyl halides is 3. The van der Waals surface area contributed by atoms with Gasteiger partial charge in [0, 0.05) is 82.9 Å². The van der Waals surface area contributed by atoms with Crippen LogP contribution < -0.4 is 15.1 Å². The maximum Gasteiger partial charge on any atom is 0.417 e. The lowest BCUT2D eigenvalue weighted by Gasteiger charge is -2.42. The summed E-state index contributed by atoms with van der Waals surface area (Å²) in [6, 6.07) is 2.81. The van der Waals surface area contributed by atoms with E-state index in [-0.39, 0.29) is 23.7 Å². The van der Waals surface area contributed by atoms with Crippen LogP contribution in [-0.2, 0) is 30.9 Å². The Morgan fingerprint density at radius 2 is 1.90 bits per heavy atom. The quantitative estimate of drug-likeness (QED) is 0.503. The van der Waals surface area contributed by atoms with Crippen molar-refractivity contribution in [2.24, 2.45) is 7.05 Å². The van der Waals surface area contributed by atoms with Crippen LogP contribution in [0.3, 0.4) is 0 Å². The van der Waals surface area contributed by atoms with Crippen LogP contribution in [-0.4, -0.2) is 76.9 Å². The molecule has 0 aliphatic carbocycles. The van der Waals surface area contributed by atoms with Gasteiger partial charge in [0.15, 0.2) is 5.82 Å². The van der Waals surface area contributed by atoms with Gasteiger partial charge in [0.1, 0.15) is 0 Å². The maximum atomic E-state index is 14.6. The monoisotopic (exact) mass is 572 g/mol. The summed E-state index contributed by atoms with van der Waals surface area (Å²) in [4.78, 5) is 18.3. The molecule has 1 aromatic carbocycles. The molecule has 1 unspecified atom stereocenters. The summed E-state index contributed by atoms with van der Waals surface area (Å²) in [5, 5.41) is 11.9. The number of amides is 2. The van der Waals surface area contributed by atoms with Crippen molar-refractivity contribution in [2.45, 2.75) is 51.0 Å². The largest absolute Gasteiger partial charge is 0.417 e. The zero-order valence-corrected chi connectivity index (χ0v) is 23.7. The predicted molar refractivity (Wildman–Crippen MR) is 148 cm³/mol. The third-order valence-corrected chi connectivity index (χ3v) is 8.57. The minimum absolute atomic E-state index is 0.0106. The average molecular weight is 573 g/mol. The summed E-state index contributed by atoms with van der Waals surface area (Å²) >= 11 is 0. The van der Waals surface area contributed by atoms with Gasteiger partial charge in [0.05, 0.1) is 35.7 Å². The minimum Gasteiger partial charge on any atom is -0.381 e. The molecule has 2 aromatic heterocycles. The van der Waals surface area contributed by atoms with Gasteiger partial charge in [-0.25, -0.2) is 4.79 Å². The summed E-state index contributed by atoms with van der Waals surface area (Å²) in [6.45, 7) is 4.66. The van der Waals surface area contributed by atoms with Crippen LogP contribution in [0.2, 0.25) is 0 Å². The SMILES string of the molecule is CNC(=O)N1CCc2c(c(N3CC(C)N(C)c4cc(-c5cnn(C)c5)c(C(F)(F)F)cc43)nn2C2CCOCC2)C1.